The van der Waals surface area contributed by atoms with Crippen LogP contribution in [0.1, 0.15) is 101 Å². The molecule has 2 unspecified atom stereocenters. The Morgan fingerprint density at radius 3 is 2.32 bits per heavy atom. The van der Waals surface area contributed by atoms with Gasteiger partial charge in [-0.25, -0.2) is 9.97 Å². The number of nitrogens with two attached hydrogens (primary N) is 1. The number of hydrogen-bond acceptors (Lipinski definition) is 17. The number of aromatic nitrogens is 6. The smallest absolute Gasteiger partial charge is 0.254 e. The summed E-state index contributed by atoms with van der Waals surface area (Å²) in [6, 6.07) is 22.3. The molecular formula is C58H72N12O8. The molecule has 4 aromatic heterocycles. The summed E-state index contributed by atoms with van der Waals surface area (Å²) < 4.78 is 26.8. The number of nitrogens with one attached hydrogen (secondary N) is 1. The van der Waals surface area contributed by atoms with Gasteiger partial charge in [0.05, 0.1) is 35.7 Å². The Morgan fingerprint density at radius 2 is 1.60 bits per heavy atom. The number of phenolic OH excluding ortho intramolecular Hbond substituents is 1. The number of ether oxygens (including phenoxy) is 3. The Hall–Kier alpha value is -7.29. The average Bonchev–Trinajstić information content (AvgIpc) is 4.29. The number of fused-ring (bicyclic) bond motifs is 2. The molecule has 20 nitrogen and oxygen atoms in total. The van der Waals surface area contributed by atoms with Gasteiger partial charge in [-0.1, -0.05) is 38.1 Å². The summed E-state index contributed by atoms with van der Waals surface area (Å²) in [5.41, 5.74) is 12.5. The van der Waals surface area contributed by atoms with Gasteiger partial charge in [-0.3, -0.25) is 14.5 Å². The minimum Gasteiger partial charge on any atom is -0.507 e. The van der Waals surface area contributed by atoms with Crippen molar-refractivity contribution in [2.45, 2.75) is 134 Å². The number of hydrogen-bond donors (Lipinski definition) is 4. The zero-order valence-corrected chi connectivity index (χ0v) is 45.1. The molecule has 412 valence electrons. The van der Waals surface area contributed by atoms with Crippen molar-refractivity contribution in [1.82, 2.24) is 45.0 Å². The Labute approximate surface area is 454 Å². The van der Waals surface area contributed by atoms with Crippen molar-refractivity contribution in [2.24, 2.45) is 5.92 Å². The number of aromatic hydroxyl groups is 1. The number of nitrogens with zero attached hydrogens (tertiary/aromatic N) is 10. The number of piperazine rings is 1. The topological polar surface area (TPSA) is 236 Å². The molecule has 4 aliphatic heterocycles. The predicted molar refractivity (Wildman–Crippen MR) is 293 cm³/mol. The number of phenols is 1. The summed E-state index contributed by atoms with van der Waals surface area (Å²) in [5, 5.41) is 37.0. The van der Waals surface area contributed by atoms with Gasteiger partial charge in [0.15, 0.2) is 11.6 Å². The van der Waals surface area contributed by atoms with Crippen LogP contribution in [0.15, 0.2) is 89.7 Å². The summed E-state index contributed by atoms with van der Waals surface area (Å²) in [4.78, 5) is 45.7. The van der Waals surface area contributed by atoms with Crippen LogP contribution in [0.2, 0.25) is 0 Å². The number of piperidine rings is 1. The van der Waals surface area contributed by atoms with Gasteiger partial charge < -0.3 is 59.3 Å². The van der Waals surface area contributed by atoms with Crippen LogP contribution in [0.4, 0.5) is 17.2 Å². The highest BCUT2D eigenvalue weighted by atomic mass is 16.5. The van der Waals surface area contributed by atoms with Gasteiger partial charge in [0, 0.05) is 118 Å². The quantitative estimate of drug-likeness (QED) is 0.0717. The number of para-hydroxylation sites is 1. The minimum atomic E-state index is -0.837. The zero-order chi connectivity index (χ0) is 54.2. The van der Waals surface area contributed by atoms with E-state index in [1.165, 1.54) is 4.90 Å². The maximum atomic E-state index is 14.3. The molecular weight excluding hydrogens is 993 g/mol. The number of carbonyl (C=O) groups excluding carboxylic acids is 2. The van der Waals surface area contributed by atoms with Gasteiger partial charge in [-0.05, 0) is 99.5 Å². The molecule has 2 aromatic carbocycles. The lowest BCUT2D eigenvalue weighted by atomic mass is 9.91. The molecule has 2 bridgehead atoms. The standard InChI is InChI=1S/C58H72N12O8/c1-34(2)55(58(74)68-33-43(71)25-50(68)57(73)62-36(4)38-10-12-39(13-11-38)69-35(3)30-61-37(69)5)52-29-54(65-78-52)75-23-22-66-20-17-44(18-21-66)76-45-26-46(27-45)77-53-24-40(16-19-60-53)70-41-14-15-42(70)32-67(31-41)49-28-48(63-64-56(49)59)47-8-6-7-9-51(47)72/h6-13,16,19,24,28-30,34,36,41-46,50,55,71-72H,14-15,17-18,20-23,25-27,31-33H2,1-5H3,(H2,59,64)(H,62,73)/t36-,41?,42?,43+,45?,46?,50-,55+/m0/s1. The zero-order valence-electron chi connectivity index (χ0n) is 45.1. The van der Waals surface area contributed by atoms with Crippen LogP contribution >= 0.6 is 0 Å². The van der Waals surface area contributed by atoms with Crippen LogP contribution < -0.4 is 30.3 Å². The Kier molecular flexibility index (Phi) is 15.3. The fourth-order valence-electron chi connectivity index (χ4n) is 12.3. The van der Waals surface area contributed by atoms with Crippen LogP contribution in [-0.2, 0) is 14.3 Å². The lowest BCUT2D eigenvalue weighted by Gasteiger charge is -2.43. The van der Waals surface area contributed by atoms with Crippen molar-refractivity contribution >= 4 is 29.0 Å². The highest BCUT2D eigenvalue weighted by Gasteiger charge is 2.45. The van der Waals surface area contributed by atoms with Crippen molar-refractivity contribution in [2.75, 3.05) is 61.4 Å². The number of nitrogen functional groups attached to an aromatic ring is 1. The molecule has 4 saturated heterocycles. The summed E-state index contributed by atoms with van der Waals surface area (Å²) >= 11 is 0. The number of pyridine rings is 1. The van der Waals surface area contributed by atoms with E-state index in [1.54, 1.807) is 18.2 Å². The molecule has 78 heavy (non-hydrogen) atoms. The van der Waals surface area contributed by atoms with Crippen molar-refractivity contribution in [3.63, 3.8) is 0 Å². The van der Waals surface area contributed by atoms with E-state index in [2.05, 4.69) is 62.0 Å². The third-order valence-corrected chi connectivity index (χ3v) is 16.5. The van der Waals surface area contributed by atoms with Gasteiger partial charge in [-0.2, -0.15) is 0 Å². The van der Waals surface area contributed by atoms with Crippen molar-refractivity contribution in [3.8, 4) is 34.5 Å². The largest absolute Gasteiger partial charge is 0.507 e. The summed E-state index contributed by atoms with van der Waals surface area (Å²) in [6.45, 7) is 14.2. The molecule has 11 rings (SSSR count). The highest BCUT2D eigenvalue weighted by Crippen LogP contribution is 2.41. The number of rotatable bonds is 18. The van der Waals surface area contributed by atoms with Gasteiger partial charge >= 0.3 is 0 Å². The van der Waals surface area contributed by atoms with E-state index >= 15 is 0 Å². The molecule has 5 fully saturated rings. The van der Waals surface area contributed by atoms with Crippen molar-refractivity contribution < 1.29 is 38.5 Å². The van der Waals surface area contributed by atoms with Gasteiger partial charge in [0.25, 0.3) is 5.88 Å². The van der Waals surface area contributed by atoms with E-state index < -0.39 is 18.1 Å². The van der Waals surface area contributed by atoms with Crippen molar-refractivity contribution in [3.05, 3.63) is 108 Å². The van der Waals surface area contributed by atoms with Crippen LogP contribution in [0.25, 0.3) is 16.9 Å². The summed E-state index contributed by atoms with van der Waals surface area (Å²) in [7, 11) is 0. The molecule has 6 aromatic rings. The van der Waals surface area contributed by atoms with E-state index in [9.17, 15) is 19.8 Å². The molecule has 6 atom stereocenters. The first-order chi connectivity index (χ1) is 37.7. The van der Waals surface area contributed by atoms with Crippen LogP contribution in [0.3, 0.4) is 0 Å². The van der Waals surface area contributed by atoms with Crippen molar-refractivity contribution in [1.29, 1.82) is 0 Å². The number of likely N-dealkylation sites (tertiary alicyclic amines) is 2. The van der Waals surface area contributed by atoms with E-state index in [4.69, 9.17) is 24.5 Å². The van der Waals surface area contributed by atoms with E-state index in [1.807, 2.05) is 89.5 Å². The number of anilines is 3. The molecule has 1 aliphatic carbocycles. The highest BCUT2D eigenvalue weighted by molar-refractivity contribution is 5.91. The SMILES string of the molecule is Cc1cnc(C)n1-c1ccc([C@H](C)NC(=O)[C@@H]2C[C@@H](O)CN2C(=O)[C@@H](c2cc(OCCN3CCC(OC4CC(Oc5cc(N6C7CCC6CN(c6cc(-c8ccccc8O)nnc6N)C7)ccn5)C4)CC3)no2)C(C)C)cc1. The molecule has 0 radical (unpaired) electrons. The van der Waals surface area contributed by atoms with Gasteiger partial charge in [0.1, 0.15) is 36.2 Å². The molecule has 0 spiro atoms. The third kappa shape index (κ3) is 11.2. The van der Waals surface area contributed by atoms with Gasteiger partial charge in [0.2, 0.25) is 17.7 Å². The first-order valence-corrected chi connectivity index (χ1v) is 27.7. The minimum absolute atomic E-state index is 0.0483. The van der Waals surface area contributed by atoms with E-state index in [-0.39, 0.29) is 72.9 Å². The number of aryl methyl sites for hydroxylation is 2. The Balaban J connectivity index is 0.602. The van der Waals surface area contributed by atoms with Crippen LogP contribution in [-0.4, -0.2) is 150 Å². The normalized spacial score (nSPS) is 23.3. The second kappa shape index (κ2) is 22.6. The molecule has 2 amide bonds. The first kappa shape index (κ1) is 52.7. The molecule has 20 heteroatoms. The number of imidazole rings is 1. The number of amides is 2. The summed E-state index contributed by atoms with van der Waals surface area (Å²) in [5.74, 6) is 1.21. The summed E-state index contributed by atoms with van der Waals surface area (Å²) in [6.07, 6.45) is 9.04. The number of carbonyl (C=O) groups is 2. The van der Waals surface area contributed by atoms with Crippen LogP contribution in [0.5, 0.6) is 17.5 Å². The first-order valence-electron chi connectivity index (χ1n) is 27.7. The van der Waals surface area contributed by atoms with Gasteiger partial charge in [-0.15, -0.1) is 10.2 Å². The number of aliphatic hydroxyl groups is 1. The molecule has 5 N–H and O–H groups in total. The fraction of sp³-hybridized carbons (Fsp3) is 0.500. The second-order valence-electron chi connectivity index (χ2n) is 22.2. The molecule has 5 aliphatic rings. The van der Waals surface area contributed by atoms with E-state index in [0.717, 1.165) is 98.8 Å². The average molecular weight is 1070 g/mol. The molecule has 1 saturated carbocycles. The number of benzene rings is 2. The Bertz CT molecular complexity index is 3030. The van der Waals surface area contributed by atoms with Crippen LogP contribution in [0, 0.1) is 19.8 Å². The van der Waals surface area contributed by atoms with E-state index in [0.29, 0.717) is 47.7 Å². The second-order valence-corrected chi connectivity index (χ2v) is 22.2. The monoisotopic (exact) mass is 1060 g/mol. The number of β-amino-alcohol motifs (C(OH)–C–C–N with tert-alkyl or cyclic N) is 1. The Morgan fingerprint density at radius 1 is 0.846 bits per heavy atom. The lowest BCUT2D eigenvalue weighted by Crippen LogP contribution is -2.54. The predicted octanol–water partition coefficient (Wildman–Crippen LogP) is 6.52. The number of aliphatic hydroxyl groups excluding tert-OH is 1. The maximum absolute atomic E-state index is 14.3. The third-order valence-electron chi connectivity index (χ3n) is 16.5. The fourth-order valence-corrected chi connectivity index (χ4v) is 12.3. The lowest BCUT2D eigenvalue weighted by molar-refractivity contribution is -0.141. The maximum Gasteiger partial charge on any atom is 0.254 e. The molecule has 8 heterocycles.